The van der Waals surface area contributed by atoms with Crippen LogP contribution in [0.2, 0.25) is 0 Å². The number of carbonyl (C=O) groups is 1. The van der Waals surface area contributed by atoms with Gasteiger partial charge in [-0.25, -0.2) is 4.98 Å². The number of thiazole rings is 1. The molecule has 3 rings (SSSR count). The predicted molar refractivity (Wildman–Crippen MR) is 68.8 cm³/mol. The molecule has 94 valence electrons. The van der Waals surface area contributed by atoms with E-state index in [1.807, 2.05) is 6.92 Å². The summed E-state index contributed by atoms with van der Waals surface area (Å²) in [7, 11) is 0. The molecule has 6 nitrogen and oxygen atoms in total. The van der Waals surface area contributed by atoms with Crippen LogP contribution in [0.4, 0.5) is 5.13 Å². The van der Waals surface area contributed by atoms with Gasteiger partial charge in [-0.2, -0.15) is 5.10 Å². The first-order chi connectivity index (χ1) is 8.72. The summed E-state index contributed by atoms with van der Waals surface area (Å²) >= 11 is 1.52. The number of hydrogen-bond donors (Lipinski definition) is 3. The molecule has 0 fully saturated rings. The number of amides is 1. The van der Waals surface area contributed by atoms with E-state index in [0.717, 1.165) is 30.9 Å². The van der Waals surface area contributed by atoms with Crippen LogP contribution in [0, 0.1) is 6.92 Å². The fourth-order valence-corrected chi connectivity index (χ4v) is 2.85. The maximum atomic E-state index is 11.9. The highest BCUT2D eigenvalue weighted by Crippen LogP contribution is 2.25. The molecule has 0 unspecified atom stereocenters. The number of nitrogens with zero attached hydrogens (tertiary/aromatic N) is 2. The lowest BCUT2D eigenvalue weighted by Gasteiger charge is -2.09. The van der Waals surface area contributed by atoms with Gasteiger partial charge in [-0.3, -0.25) is 15.2 Å². The van der Waals surface area contributed by atoms with E-state index >= 15 is 0 Å². The van der Waals surface area contributed by atoms with Gasteiger partial charge in [0.1, 0.15) is 0 Å². The molecule has 3 N–H and O–H groups in total. The first-order valence-electron chi connectivity index (χ1n) is 5.75. The van der Waals surface area contributed by atoms with E-state index in [9.17, 15) is 4.79 Å². The van der Waals surface area contributed by atoms with Crippen molar-refractivity contribution >= 4 is 22.4 Å². The maximum Gasteiger partial charge on any atom is 0.277 e. The lowest BCUT2D eigenvalue weighted by molar-refractivity contribution is 0.102. The number of H-pyrrole nitrogens is 1. The van der Waals surface area contributed by atoms with E-state index in [0.29, 0.717) is 10.8 Å². The van der Waals surface area contributed by atoms with Crippen molar-refractivity contribution in [2.75, 3.05) is 11.9 Å². The number of nitrogens with one attached hydrogen (secondary N) is 3. The molecule has 3 heterocycles. The SMILES string of the molecule is Cc1cc(C(=O)Nc2nc3c(s2)CNCC3)n[nH]1. The van der Waals surface area contributed by atoms with Crippen LogP contribution in [0.5, 0.6) is 0 Å². The van der Waals surface area contributed by atoms with Gasteiger partial charge in [0.2, 0.25) is 0 Å². The van der Waals surface area contributed by atoms with Gasteiger partial charge >= 0.3 is 0 Å². The fourth-order valence-electron chi connectivity index (χ4n) is 1.87. The van der Waals surface area contributed by atoms with Gasteiger partial charge in [0, 0.05) is 30.1 Å². The molecular formula is C11H13N5OS. The van der Waals surface area contributed by atoms with E-state index in [2.05, 4.69) is 25.8 Å². The number of fused-ring (bicyclic) bond motifs is 1. The number of aryl methyl sites for hydroxylation is 1. The van der Waals surface area contributed by atoms with E-state index in [1.165, 1.54) is 16.2 Å². The molecule has 1 amide bonds. The average Bonchev–Trinajstić information content (AvgIpc) is 2.94. The maximum absolute atomic E-state index is 11.9. The third-order valence-electron chi connectivity index (χ3n) is 2.76. The first kappa shape index (κ1) is 11.4. The predicted octanol–water partition coefficient (Wildman–Crippen LogP) is 1.07. The van der Waals surface area contributed by atoms with Crippen LogP contribution in [0.3, 0.4) is 0 Å². The molecule has 0 radical (unpaired) electrons. The molecule has 1 aliphatic rings. The monoisotopic (exact) mass is 263 g/mol. The number of aromatic nitrogens is 3. The highest BCUT2D eigenvalue weighted by Gasteiger charge is 2.17. The summed E-state index contributed by atoms with van der Waals surface area (Å²) in [5.74, 6) is -0.224. The molecule has 0 aliphatic carbocycles. The van der Waals surface area contributed by atoms with Crippen LogP contribution in [0.25, 0.3) is 0 Å². The number of carbonyl (C=O) groups excluding carboxylic acids is 1. The lowest BCUT2D eigenvalue weighted by atomic mass is 10.2. The Hall–Kier alpha value is -1.73. The highest BCUT2D eigenvalue weighted by atomic mass is 32.1. The van der Waals surface area contributed by atoms with Crippen LogP contribution in [0.1, 0.15) is 26.8 Å². The van der Waals surface area contributed by atoms with Crippen molar-refractivity contribution in [3.8, 4) is 0 Å². The summed E-state index contributed by atoms with van der Waals surface area (Å²) < 4.78 is 0. The first-order valence-corrected chi connectivity index (χ1v) is 6.56. The second kappa shape index (κ2) is 4.51. The second-order valence-electron chi connectivity index (χ2n) is 4.21. The molecule has 7 heteroatoms. The largest absolute Gasteiger partial charge is 0.311 e. The minimum Gasteiger partial charge on any atom is -0.311 e. The van der Waals surface area contributed by atoms with Gasteiger partial charge in [0.15, 0.2) is 10.8 Å². The minimum absolute atomic E-state index is 0.224. The number of hydrogen-bond acceptors (Lipinski definition) is 5. The van der Waals surface area contributed by atoms with Crippen LogP contribution in [0.15, 0.2) is 6.07 Å². The third-order valence-corrected chi connectivity index (χ3v) is 3.77. The van der Waals surface area contributed by atoms with Gasteiger partial charge < -0.3 is 5.32 Å². The quantitative estimate of drug-likeness (QED) is 0.757. The van der Waals surface area contributed by atoms with Crippen molar-refractivity contribution in [2.45, 2.75) is 19.9 Å². The number of anilines is 1. The molecule has 18 heavy (non-hydrogen) atoms. The summed E-state index contributed by atoms with van der Waals surface area (Å²) in [6.45, 7) is 3.64. The summed E-state index contributed by atoms with van der Waals surface area (Å²) in [5, 5.41) is 13.4. The Morgan fingerprint density at radius 3 is 3.17 bits per heavy atom. The fraction of sp³-hybridized carbons (Fsp3) is 0.364. The topological polar surface area (TPSA) is 82.7 Å². The molecule has 0 saturated carbocycles. The van der Waals surface area contributed by atoms with Crippen molar-refractivity contribution in [1.29, 1.82) is 0 Å². The van der Waals surface area contributed by atoms with Crippen molar-refractivity contribution in [2.24, 2.45) is 0 Å². The summed E-state index contributed by atoms with van der Waals surface area (Å²) in [5.41, 5.74) is 2.34. The van der Waals surface area contributed by atoms with Gasteiger partial charge in [-0.15, -0.1) is 11.3 Å². The Kier molecular flexibility index (Phi) is 2.85. The van der Waals surface area contributed by atoms with E-state index in [4.69, 9.17) is 0 Å². The molecule has 0 aromatic carbocycles. The smallest absolute Gasteiger partial charge is 0.277 e. The van der Waals surface area contributed by atoms with Crippen LogP contribution in [-0.2, 0) is 13.0 Å². The van der Waals surface area contributed by atoms with Crippen molar-refractivity contribution in [1.82, 2.24) is 20.5 Å². The molecule has 1 aliphatic heterocycles. The Labute approximate surface area is 108 Å². The van der Waals surface area contributed by atoms with Crippen LogP contribution < -0.4 is 10.6 Å². The van der Waals surface area contributed by atoms with Crippen molar-refractivity contribution in [3.05, 3.63) is 28.0 Å². The normalized spacial score (nSPS) is 14.3. The second-order valence-corrected chi connectivity index (χ2v) is 5.29. The zero-order valence-electron chi connectivity index (χ0n) is 9.91. The molecular weight excluding hydrogens is 250 g/mol. The van der Waals surface area contributed by atoms with Gasteiger partial charge in [-0.1, -0.05) is 0 Å². The Bertz CT molecular complexity index is 565. The van der Waals surface area contributed by atoms with Crippen LogP contribution in [-0.4, -0.2) is 27.6 Å². The minimum atomic E-state index is -0.224. The number of rotatable bonds is 2. The van der Waals surface area contributed by atoms with E-state index < -0.39 is 0 Å². The van der Waals surface area contributed by atoms with E-state index in [1.54, 1.807) is 6.07 Å². The summed E-state index contributed by atoms with van der Waals surface area (Å²) in [6.07, 6.45) is 0.920. The molecule has 2 aromatic heterocycles. The average molecular weight is 263 g/mol. The van der Waals surface area contributed by atoms with Crippen molar-refractivity contribution < 1.29 is 4.79 Å². The molecule has 0 atom stereocenters. The molecule has 2 aromatic rings. The molecule has 0 bridgehead atoms. The van der Waals surface area contributed by atoms with Crippen LogP contribution >= 0.6 is 11.3 Å². The number of aromatic amines is 1. The Balaban J connectivity index is 1.76. The molecule has 0 spiro atoms. The summed E-state index contributed by atoms with van der Waals surface area (Å²) in [4.78, 5) is 17.5. The molecule has 0 saturated heterocycles. The Morgan fingerprint density at radius 2 is 2.44 bits per heavy atom. The zero-order chi connectivity index (χ0) is 12.5. The van der Waals surface area contributed by atoms with Gasteiger partial charge in [0.25, 0.3) is 5.91 Å². The zero-order valence-corrected chi connectivity index (χ0v) is 10.7. The lowest BCUT2D eigenvalue weighted by Crippen LogP contribution is -2.22. The van der Waals surface area contributed by atoms with Crippen molar-refractivity contribution in [3.63, 3.8) is 0 Å². The Morgan fingerprint density at radius 1 is 1.56 bits per heavy atom. The third kappa shape index (κ3) is 2.14. The highest BCUT2D eigenvalue weighted by molar-refractivity contribution is 7.15. The van der Waals surface area contributed by atoms with Gasteiger partial charge in [0.05, 0.1) is 5.69 Å². The van der Waals surface area contributed by atoms with Gasteiger partial charge in [-0.05, 0) is 13.0 Å². The summed E-state index contributed by atoms with van der Waals surface area (Å²) in [6, 6.07) is 1.71. The standard InChI is InChI=1S/C11H13N5OS/c1-6-4-8(16-15-6)10(17)14-11-13-7-2-3-12-5-9(7)18-11/h4,12H,2-3,5H2,1H3,(H,15,16)(H,13,14,17). The van der Waals surface area contributed by atoms with E-state index in [-0.39, 0.29) is 5.91 Å².